The zero-order chi connectivity index (χ0) is 15.4. The van der Waals surface area contributed by atoms with Gasteiger partial charge in [0.15, 0.2) is 4.80 Å². The Kier molecular flexibility index (Phi) is 5.17. The zero-order valence-electron chi connectivity index (χ0n) is 11.0. The van der Waals surface area contributed by atoms with E-state index in [-0.39, 0.29) is 11.6 Å². The number of benzene rings is 1. The highest BCUT2D eigenvalue weighted by Gasteiger charge is 2.09. The van der Waals surface area contributed by atoms with E-state index in [1.165, 1.54) is 29.5 Å². The molecule has 0 saturated heterocycles. The number of halogens is 2. The van der Waals surface area contributed by atoms with Crippen molar-refractivity contribution >= 4 is 46.4 Å². The number of carbonyl (C=O) groups excluding carboxylic acids is 2. The van der Waals surface area contributed by atoms with Gasteiger partial charge in [0.05, 0.1) is 16.6 Å². The van der Waals surface area contributed by atoms with Gasteiger partial charge >= 0.3 is 0 Å². The Balaban J connectivity index is 1.99. The smallest absolute Gasteiger partial charge is 0.267 e. The Hall–Kier alpha value is -1.63. The van der Waals surface area contributed by atoms with Crippen molar-refractivity contribution in [1.29, 1.82) is 0 Å². The number of carbonyl (C=O) groups is 2. The van der Waals surface area contributed by atoms with Crippen molar-refractivity contribution in [2.75, 3.05) is 6.54 Å². The van der Waals surface area contributed by atoms with E-state index < -0.39 is 11.8 Å². The molecule has 5 nitrogen and oxygen atoms in total. The zero-order valence-corrected chi connectivity index (χ0v) is 13.3. The van der Waals surface area contributed by atoms with Crippen molar-refractivity contribution in [3.05, 3.63) is 50.2 Å². The van der Waals surface area contributed by atoms with Crippen LogP contribution in [0, 0.1) is 0 Å². The quantitative estimate of drug-likeness (QED) is 0.928. The molecule has 0 bridgehead atoms. The summed E-state index contributed by atoms with van der Waals surface area (Å²) in [6, 6.07) is 4.50. The van der Waals surface area contributed by atoms with Gasteiger partial charge in [0.2, 0.25) is 0 Å². The Bertz CT molecular complexity index is 752. The average molecular weight is 344 g/mol. The van der Waals surface area contributed by atoms with Gasteiger partial charge in [0.25, 0.3) is 11.8 Å². The summed E-state index contributed by atoms with van der Waals surface area (Å²) in [5, 5.41) is 4.96. The molecule has 2 aromatic rings. The first-order valence-electron chi connectivity index (χ1n) is 5.88. The number of nitrogens with zero attached hydrogens (tertiary/aromatic N) is 2. The summed E-state index contributed by atoms with van der Waals surface area (Å²) in [6.07, 6.45) is 1.80. The Morgan fingerprint density at radius 2 is 2.10 bits per heavy atom. The highest BCUT2D eigenvalue weighted by atomic mass is 35.5. The van der Waals surface area contributed by atoms with Crippen LogP contribution in [0.15, 0.2) is 34.8 Å². The van der Waals surface area contributed by atoms with Gasteiger partial charge < -0.3 is 9.88 Å². The second-order valence-corrected chi connectivity index (χ2v) is 5.80. The van der Waals surface area contributed by atoms with E-state index in [1.807, 2.05) is 5.38 Å². The molecule has 0 saturated carbocycles. The van der Waals surface area contributed by atoms with Gasteiger partial charge in [-0.1, -0.05) is 23.2 Å². The first-order chi connectivity index (χ1) is 9.97. The molecule has 0 unspecified atom stereocenters. The van der Waals surface area contributed by atoms with Crippen LogP contribution in [0.5, 0.6) is 0 Å². The van der Waals surface area contributed by atoms with Crippen molar-refractivity contribution in [2.45, 2.75) is 0 Å². The summed E-state index contributed by atoms with van der Waals surface area (Å²) in [5.41, 5.74) is 0.332. The first-order valence-corrected chi connectivity index (χ1v) is 7.52. The van der Waals surface area contributed by atoms with Gasteiger partial charge in [0.1, 0.15) is 0 Å². The summed E-state index contributed by atoms with van der Waals surface area (Å²) in [5.74, 6) is -0.839. The topological polar surface area (TPSA) is 63.5 Å². The summed E-state index contributed by atoms with van der Waals surface area (Å²) in [6.45, 7) is -0.184. The van der Waals surface area contributed by atoms with Gasteiger partial charge in [-0.15, -0.1) is 11.3 Å². The maximum Gasteiger partial charge on any atom is 0.267 e. The molecule has 8 heteroatoms. The number of amides is 2. The van der Waals surface area contributed by atoms with E-state index in [9.17, 15) is 9.59 Å². The molecular weight excluding hydrogens is 333 g/mol. The minimum atomic E-state index is -0.429. The molecule has 0 radical (unpaired) electrons. The van der Waals surface area contributed by atoms with Gasteiger partial charge in [-0.2, -0.15) is 4.99 Å². The lowest BCUT2D eigenvalue weighted by Crippen LogP contribution is -2.29. The van der Waals surface area contributed by atoms with E-state index in [0.29, 0.717) is 15.4 Å². The number of aromatic nitrogens is 1. The van der Waals surface area contributed by atoms with Crippen LogP contribution in [0.1, 0.15) is 10.4 Å². The molecule has 21 heavy (non-hydrogen) atoms. The van der Waals surface area contributed by atoms with Gasteiger partial charge in [-0.25, -0.2) is 0 Å². The molecule has 0 fully saturated rings. The normalized spacial score (nSPS) is 11.5. The maximum atomic E-state index is 11.9. The molecule has 0 atom stereocenters. The van der Waals surface area contributed by atoms with Crippen LogP contribution in [-0.2, 0) is 11.8 Å². The second-order valence-electron chi connectivity index (χ2n) is 4.11. The molecule has 0 aliphatic heterocycles. The van der Waals surface area contributed by atoms with Crippen LogP contribution in [0.3, 0.4) is 0 Å². The Morgan fingerprint density at radius 3 is 2.71 bits per heavy atom. The van der Waals surface area contributed by atoms with Crippen molar-refractivity contribution in [1.82, 2.24) is 9.88 Å². The van der Waals surface area contributed by atoms with Crippen LogP contribution in [0.2, 0.25) is 10.0 Å². The highest BCUT2D eigenvalue weighted by molar-refractivity contribution is 7.07. The number of hydrogen-bond donors (Lipinski definition) is 1. The largest absolute Gasteiger partial charge is 0.343 e. The van der Waals surface area contributed by atoms with Gasteiger partial charge in [-0.3, -0.25) is 9.59 Å². The number of aryl methyl sites for hydroxylation is 1. The van der Waals surface area contributed by atoms with Crippen molar-refractivity contribution in [3.63, 3.8) is 0 Å². The molecule has 0 aliphatic carbocycles. The summed E-state index contributed by atoms with van der Waals surface area (Å²) in [4.78, 5) is 28.0. The second kappa shape index (κ2) is 6.89. The first kappa shape index (κ1) is 15.8. The van der Waals surface area contributed by atoms with Gasteiger partial charge in [0, 0.05) is 24.2 Å². The molecule has 1 heterocycles. The van der Waals surface area contributed by atoms with E-state index in [4.69, 9.17) is 23.2 Å². The molecule has 1 N–H and O–H groups in total. The summed E-state index contributed by atoms with van der Waals surface area (Å²) < 4.78 is 1.73. The van der Waals surface area contributed by atoms with Crippen molar-refractivity contribution < 1.29 is 9.59 Å². The molecule has 0 aliphatic rings. The molecule has 0 spiro atoms. The minimum absolute atomic E-state index is 0.184. The maximum absolute atomic E-state index is 11.9. The van der Waals surface area contributed by atoms with Crippen molar-refractivity contribution in [3.8, 4) is 0 Å². The highest BCUT2D eigenvalue weighted by Crippen LogP contribution is 2.22. The lowest BCUT2D eigenvalue weighted by atomic mass is 10.2. The Morgan fingerprint density at radius 1 is 1.33 bits per heavy atom. The Labute approximate surface area is 134 Å². The number of hydrogen-bond acceptors (Lipinski definition) is 3. The fraction of sp³-hybridized carbons (Fsp3) is 0.154. The molecule has 2 amide bonds. The third-order valence-corrected chi connectivity index (χ3v) is 4.15. The van der Waals surface area contributed by atoms with Crippen LogP contribution >= 0.6 is 34.5 Å². The minimum Gasteiger partial charge on any atom is -0.343 e. The standard InChI is InChI=1S/C13H11Cl2N3O2S/c1-18-4-5-21-13(18)17-11(19)7-16-12(20)8-2-3-9(14)10(15)6-8/h2-6H,7H2,1H3,(H,16,20). The third kappa shape index (κ3) is 4.17. The van der Waals surface area contributed by atoms with Crippen LogP contribution < -0.4 is 10.1 Å². The van der Waals surface area contributed by atoms with E-state index in [1.54, 1.807) is 17.8 Å². The molecule has 1 aromatic carbocycles. The number of nitrogens with one attached hydrogen (secondary N) is 1. The van der Waals surface area contributed by atoms with Crippen LogP contribution in [-0.4, -0.2) is 22.9 Å². The lowest BCUT2D eigenvalue weighted by Gasteiger charge is -2.04. The molecule has 1 aromatic heterocycles. The SMILES string of the molecule is Cn1ccsc1=NC(=O)CNC(=O)c1ccc(Cl)c(Cl)c1. The molecule has 110 valence electrons. The average Bonchev–Trinajstić information content (AvgIpc) is 2.84. The molecular formula is C13H11Cl2N3O2S. The van der Waals surface area contributed by atoms with Crippen LogP contribution in [0.25, 0.3) is 0 Å². The fourth-order valence-electron chi connectivity index (χ4n) is 1.48. The fourth-order valence-corrected chi connectivity index (χ4v) is 2.52. The van der Waals surface area contributed by atoms with E-state index in [2.05, 4.69) is 10.3 Å². The summed E-state index contributed by atoms with van der Waals surface area (Å²) >= 11 is 13.0. The molecule has 2 rings (SSSR count). The monoisotopic (exact) mass is 343 g/mol. The summed E-state index contributed by atoms with van der Waals surface area (Å²) in [7, 11) is 1.79. The van der Waals surface area contributed by atoms with Crippen molar-refractivity contribution in [2.24, 2.45) is 12.0 Å². The predicted molar refractivity (Wildman–Crippen MR) is 82.7 cm³/mol. The van der Waals surface area contributed by atoms with Gasteiger partial charge in [-0.05, 0) is 18.2 Å². The van der Waals surface area contributed by atoms with E-state index >= 15 is 0 Å². The number of thiazole rings is 1. The van der Waals surface area contributed by atoms with Crippen LogP contribution in [0.4, 0.5) is 0 Å². The predicted octanol–water partition coefficient (Wildman–Crippen LogP) is 2.25. The third-order valence-electron chi connectivity index (χ3n) is 2.56. The van der Waals surface area contributed by atoms with E-state index in [0.717, 1.165) is 0 Å². The lowest BCUT2D eigenvalue weighted by molar-refractivity contribution is -0.117. The number of rotatable bonds is 3.